The van der Waals surface area contributed by atoms with Crippen molar-refractivity contribution in [2.75, 3.05) is 5.75 Å². The van der Waals surface area contributed by atoms with Crippen LogP contribution >= 0.6 is 11.8 Å². The van der Waals surface area contributed by atoms with Crippen molar-refractivity contribution >= 4 is 28.4 Å². The lowest BCUT2D eigenvalue weighted by Gasteiger charge is -2.13. The van der Waals surface area contributed by atoms with Crippen LogP contribution in [0.2, 0.25) is 0 Å². The zero-order chi connectivity index (χ0) is 21.6. The molecule has 1 fully saturated rings. The van der Waals surface area contributed by atoms with Gasteiger partial charge in [-0.3, -0.25) is 14.2 Å². The minimum atomic E-state index is -4.36. The largest absolute Gasteiger partial charge is 0.406 e. The number of aryl methyl sites for hydroxylation is 1. The van der Waals surface area contributed by atoms with E-state index in [-0.39, 0.29) is 28.7 Å². The summed E-state index contributed by atoms with van der Waals surface area (Å²) >= 11 is 1.16. The summed E-state index contributed by atoms with van der Waals surface area (Å²) in [7, 11) is 0. The highest BCUT2D eigenvalue weighted by atomic mass is 32.2. The molecule has 1 aromatic carbocycles. The van der Waals surface area contributed by atoms with Crippen LogP contribution in [0.5, 0.6) is 0 Å². The summed E-state index contributed by atoms with van der Waals surface area (Å²) in [6.45, 7) is 1.95. The quantitative estimate of drug-likeness (QED) is 0.320. The van der Waals surface area contributed by atoms with E-state index in [1.807, 2.05) is 0 Å². The maximum atomic E-state index is 12.9. The summed E-state index contributed by atoms with van der Waals surface area (Å²) in [5.74, 6) is -0.292. The van der Waals surface area contributed by atoms with Crippen LogP contribution < -0.4 is 5.56 Å². The molecule has 0 bridgehead atoms. The van der Waals surface area contributed by atoms with E-state index in [2.05, 4.69) is 4.98 Å². The molecule has 1 aliphatic rings. The molecule has 1 saturated carbocycles. The van der Waals surface area contributed by atoms with Gasteiger partial charge in [0.2, 0.25) is 0 Å². The van der Waals surface area contributed by atoms with E-state index in [4.69, 9.17) is 0 Å². The van der Waals surface area contributed by atoms with Crippen molar-refractivity contribution in [1.29, 1.82) is 0 Å². The van der Waals surface area contributed by atoms with Crippen LogP contribution in [-0.2, 0) is 6.54 Å². The van der Waals surface area contributed by atoms with Gasteiger partial charge in [-0.25, -0.2) is 4.98 Å². The Morgan fingerprint density at radius 2 is 1.93 bits per heavy atom. The van der Waals surface area contributed by atoms with Gasteiger partial charge in [0.15, 0.2) is 10.9 Å². The predicted molar refractivity (Wildman–Crippen MR) is 109 cm³/mol. The summed E-state index contributed by atoms with van der Waals surface area (Å²) in [4.78, 5) is 30.3. The summed E-state index contributed by atoms with van der Waals surface area (Å²) in [6.07, 6.45) is -2.58. The van der Waals surface area contributed by atoms with E-state index in [1.165, 1.54) is 13.0 Å². The number of carbonyl (C=O) groups is 1. The van der Waals surface area contributed by atoms with E-state index >= 15 is 0 Å². The van der Waals surface area contributed by atoms with Gasteiger partial charge < -0.3 is 4.57 Å². The molecule has 0 atom stereocenters. The second-order valence-electron chi connectivity index (χ2n) is 7.52. The molecule has 2 heterocycles. The average molecular weight is 435 g/mol. The number of nitrogens with zero attached hydrogens (tertiary/aromatic N) is 3. The highest BCUT2D eigenvalue weighted by Crippen LogP contribution is 2.37. The number of halogens is 3. The van der Waals surface area contributed by atoms with Gasteiger partial charge in [-0.15, -0.1) is 0 Å². The third-order valence-electron chi connectivity index (χ3n) is 5.23. The number of thioether (sulfide) groups is 1. The highest BCUT2D eigenvalue weighted by molar-refractivity contribution is 7.99. The van der Waals surface area contributed by atoms with Gasteiger partial charge in [0.1, 0.15) is 6.54 Å². The van der Waals surface area contributed by atoms with Crippen molar-refractivity contribution in [1.82, 2.24) is 14.1 Å². The second-order valence-corrected chi connectivity index (χ2v) is 8.46. The fourth-order valence-corrected chi connectivity index (χ4v) is 4.55. The van der Waals surface area contributed by atoms with Gasteiger partial charge >= 0.3 is 6.18 Å². The Kier molecular flexibility index (Phi) is 5.25. The molecule has 3 aromatic rings. The molecule has 4 rings (SSSR count). The zero-order valence-corrected chi connectivity index (χ0v) is 17.3. The Labute approximate surface area is 174 Å². The topological polar surface area (TPSA) is 56.9 Å². The van der Waals surface area contributed by atoms with Crippen LogP contribution in [0.1, 0.15) is 40.6 Å². The SMILES string of the molecule is Cc1cc(C(=O)CSc2nc3ccccc3c(=O)n2C2CC2)c(C)n1CC(F)(F)F. The van der Waals surface area contributed by atoms with Crippen LogP contribution in [0.25, 0.3) is 10.9 Å². The number of alkyl halides is 3. The summed E-state index contributed by atoms with van der Waals surface area (Å²) in [5.41, 5.74) is 1.39. The highest BCUT2D eigenvalue weighted by Gasteiger charge is 2.31. The molecule has 0 spiro atoms. The standard InChI is InChI=1S/C21H20F3N3O2S/c1-12-9-16(13(2)26(12)11-21(22,23)24)18(28)10-30-20-25-17-6-4-3-5-15(17)19(29)27(20)14-7-8-14/h3-6,9,14H,7-8,10-11H2,1-2H3. The summed E-state index contributed by atoms with van der Waals surface area (Å²) in [5, 5.41) is 1.01. The summed E-state index contributed by atoms with van der Waals surface area (Å²) < 4.78 is 41.2. The van der Waals surface area contributed by atoms with Crippen LogP contribution in [-0.4, -0.2) is 31.8 Å². The first-order valence-electron chi connectivity index (χ1n) is 9.56. The second kappa shape index (κ2) is 7.61. The number of para-hydroxylation sites is 1. The average Bonchev–Trinajstić information content (AvgIpc) is 3.48. The molecule has 0 radical (unpaired) electrons. The molecule has 0 aliphatic heterocycles. The number of aromatic nitrogens is 3. The first kappa shape index (κ1) is 20.7. The number of Topliss-reactive ketones (excluding diaryl/α,β-unsaturated/α-hetero) is 1. The number of hydrogen-bond donors (Lipinski definition) is 0. The Bertz CT molecular complexity index is 1190. The third-order valence-corrected chi connectivity index (χ3v) is 6.18. The van der Waals surface area contributed by atoms with Crippen LogP contribution in [0.4, 0.5) is 13.2 Å². The monoisotopic (exact) mass is 435 g/mol. The van der Waals surface area contributed by atoms with E-state index in [0.717, 1.165) is 29.2 Å². The minimum Gasteiger partial charge on any atom is -0.339 e. The van der Waals surface area contributed by atoms with Crippen molar-refractivity contribution in [3.8, 4) is 0 Å². The van der Waals surface area contributed by atoms with Gasteiger partial charge in [-0.05, 0) is 44.9 Å². The first-order valence-corrected chi connectivity index (χ1v) is 10.5. The predicted octanol–water partition coefficient (Wildman–Crippen LogP) is 4.69. The number of rotatable bonds is 6. The van der Waals surface area contributed by atoms with Gasteiger partial charge in [-0.1, -0.05) is 23.9 Å². The molecule has 0 unspecified atom stereocenters. The van der Waals surface area contributed by atoms with Gasteiger partial charge in [0.25, 0.3) is 5.56 Å². The molecule has 0 saturated heterocycles. The van der Waals surface area contributed by atoms with Crippen molar-refractivity contribution in [2.45, 2.75) is 50.6 Å². The Morgan fingerprint density at radius 3 is 2.60 bits per heavy atom. The van der Waals surface area contributed by atoms with Crippen LogP contribution in [0, 0.1) is 13.8 Å². The number of hydrogen-bond acceptors (Lipinski definition) is 4. The van der Waals surface area contributed by atoms with Crippen molar-refractivity contribution < 1.29 is 18.0 Å². The number of ketones is 1. The molecule has 158 valence electrons. The maximum absolute atomic E-state index is 12.9. The molecule has 0 amide bonds. The van der Waals surface area contributed by atoms with E-state index in [0.29, 0.717) is 27.4 Å². The van der Waals surface area contributed by atoms with E-state index in [9.17, 15) is 22.8 Å². The minimum absolute atomic E-state index is 0.00614. The lowest BCUT2D eigenvalue weighted by Crippen LogP contribution is -2.23. The van der Waals surface area contributed by atoms with Gasteiger partial charge in [0.05, 0.1) is 16.7 Å². The molecule has 1 aliphatic carbocycles. The van der Waals surface area contributed by atoms with Crippen molar-refractivity contribution in [3.63, 3.8) is 0 Å². The molecule has 5 nitrogen and oxygen atoms in total. The Morgan fingerprint density at radius 1 is 1.23 bits per heavy atom. The number of benzene rings is 1. The smallest absolute Gasteiger partial charge is 0.339 e. The molecular formula is C21H20F3N3O2S. The van der Waals surface area contributed by atoms with Gasteiger partial charge in [0, 0.05) is 23.0 Å². The number of fused-ring (bicyclic) bond motifs is 1. The fourth-order valence-electron chi connectivity index (χ4n) is 3.60. The van der Waals surface area contributed by atoms with Crippen molar-refractivity contribution in [3.05, 3.63) is 57.6 Å². The van der Waals surface area contributed by atoms with Crippen molar-refractivity contribution in [2.24, 2.45) is 0 Å². The number of carbonyl (C=O) groups excluding carboxylic acids is 1. The summed E-state index contributed by atoms with van der Waals surface area (Å²) in [6, 6.07) is 8.65. The molecule has 0 N–H and O–H groups in total. The van der Waals surface area contributed by atoms with Crippen LogP contribution in [0.3, 0.4) is 0 Å². The Hall–Kier alpha value is -2.55. The molecular weight excluding hydrogens is 415 g/mol. The van der Waals surface area contributed by atoms with Gasteiger partial charge in [-0.2, -0.15) is 13.2 Å². The lowest BCUT2D eigenvalue weighted by atomic mass is 10.2. The van der Waals surface area contributed by atoms with E-state index in [1.54, 1.807) is 35.8 Å². The zero-order valence-electron chi connectivity index (χ0n) is 16.5. The van der Waals surface area contributed by atoms with Crippen LogP contribution in [0.15, 0.2) is 40.3 Å². The normalized spacial score (nSPS) is 14.4. The van der Waals surface area contributed by atoms with E-state index < -0.39 is 12.7 Å². The molecule has 30 heavy (non-hydrogen) atoms. The maximum Gasteiger partial charge on any atom is 0.406 e. The Balaban J connectivity index is 1.61. The first-order chi connectivity index (χ1) is 14.2. The molecule has 2 aromatic heterocycles. The lowest BCUT2D eigenvalue weighted by molar-refractivity contribution is -0.141. The fraction of sp³-hybridized carbons (Fsp3) is 0.381. The third kappa shape index (κ3) is 4.03. The molecule has 9 heteroatoms.